The van der Waals surface area contributed by atoms with Gasteiger partial charge in [-0.25, -0.2) is 0 Å². The normalized spacial score (nSPS) is 10.3. The van der Waals surface area contributed by atoms with E-state index in [9.17, 15) is 0 Å². The van der Waals surface area contributed by atoms with Crippen molar-refractivity contribution < 1.29 is 0 Å². The molecule has 1 aromatic heterocycles. The van der Waals surface area contributed by atoms with Crippen molar-refractivity contribution in [2.24, 2.45) is 0 Å². The van der Waals surface area contributed by atoms with Crippen molar-refractivity contribution in [1.29, 1.82) is 0 Å². The Morgan fingerprint density at radius 2 is 1.73 bits per heavy atom. The van der Waals surface area contributed by atoms with Gasteiger partial charge in [0.2, 0.25) is 0 Å². The Balaban J connectivity index is 2.54. The smallest absolute Gasteiger partial charge is 0.0959 e. The first-order valence-electron chi connectivity index (χ1n) is 5.05. The molecule has 0 aliphatic heterocycles. The molecule has 2 nitrogen and oxygen atoms in total. The Kier molecular flexibility index (Phi) is 2.50. The van der Waals surface area contributed by atoms with Crippen molar-refractivity contribution in [2.45, 2.75) is 20.8 Å². The summed E-state index contributed by atoms with van der Waals surface area (Å²) in [6.45, 7) is 6.11. The predicted octanol–water partition coefficient (Wildman–Crippen LogP) is 3.07. The minimum Gasteiger partial charge on any atom is -0.155 e. The highest BCUT2D eigenvalue weighted by Crippen LogP contribution is 2.21. The third-order valence-electron chi connectivity index (χ3n) is 2.40. The molecule has 76 valence electrons. The van der Waals surface area contributed by atoms with Crippen molar-refractivity contribution in [3.05, 3.63) is 47.2 Å². The van der Waals surface area contributed by atoms with Gasteiger partial charge in [0.1, 0.15) is 0 Å². The molecule has 0 amide bonds. The number of rotatable bonds is 1. The van der Waals surface area contributed by atoms with E-state index < -0.39 is 0 Å². The maximum absolute atomic E-state index is 4.24. The maximum Gasteiger partial charge on any atom is 0.0959 e. The molecular weight excluding hydrogens is 184 g/mol. The molecule has 0 atom stereocenters. The molecule has 2 heteroatoms. The molecule has 0 aliphatic carbocycles. The van der Waals surface area contributed by atoms with Gasteiger partial charge in [-0.1, -0.05) is 23.8 Å². The standard InChI is InChI=1S/C13H14N2/c1-9-5-4-6-12(7-9)13-10(2)8-11(3)14-15-13/h4-8H,1-3H3. The zero-order chi connectivity index (χ0) is 10.8. The predicted molar refractivity (Wildman–Crippen MR) is 61.7 cm³/mol. The molecule has 2 rings (SSSR count). The van der Waals surface area contributed by atoms with Crippen LogP contribution in [0.25, 0.3) is 11.3 Å². The van der Waals surface area contributed by atoms with E-state index in [2.05, 4.69) is 48.3 Å². The summed E-state index contributed by atoms with van der Waals surface area (Å²) < 4.78 is 0. The molecule has 15 heavy (non-hydrogen) atoms. The summed E-state index contributed by atoms with van der Waals surface area (Å²) >= 11 is 0. The molecule has 0 bridgehead atoms. The Morgan fingerprint density at radius 1 is 0.933 bits per heavy atom. The summed E-state index contributed by atoms with van der Waals surface area (Å²) in [7, 11) is 0. The second-order valence-corrected chi connectivity index (χ2v) is 3.89. The second kappa shape index (κ2) is 3.81. The summed E-state index contributed by atoms with van der Waals surface area (Å²) in [5, 5.41) is 8.34. The monoisotopic (exact) mass is 198 g/mol. The summed E-state index contributed by atoms with van der Waals surface area (Å²) in [4.78, 5) is 0. The average molecular weight is 198 g/mol. The molecule has 0 aliphatic rings. The van der Waals surface area contributed by atoms with Gasteiger partial charge in [0.05, 0.1) is 11.4 Å². The van der Waals surface area contributed by atoms with Crippen molar-refractivity contribution in [3.8, 4) is 11.3 Å². The van der Waals surface area contributed by atoms with E-state index in [0.717, 1.165) is 17.0 Å². The highest BCUT2D eigenvalue weighted by atomic mass is 15.1. The Hall–Kier alpha value is -1.70. The molecule has 0 saturated heterocycles. The molecule has 0 N–H and O–H groups in total. The number of aryl methyl sites for hydroxylation is 3. The number of hydrogen-bond acceptors (Lipinski definition) is 2. The van der Waals surface area contributed by atoms with Gasteiger partial charge in [0.15, 0.2) is 0 Å². The van der Waals surface area contributed by atoms with Gasteiger partial charge in [-0.15, -0.1) is 5.10 Å². The SMILES string of the molecule is Cc1cccc(-c2nnc(C)cc2C)c1. The van der Waals surface area contributed by atoms with Crippen LogP contribution in [0.3, 0.4) is 0 Å². The highest BCUT2D eigenvalue weighted by molar-refractivity contribution is 5.62. The van der Waals surface area contributed by atoms with Crippen molar-refractivity contribution in [1.82, 2.24) is 10.2 Å². The summed E-state index contributed by atoms with van der Waals surface area (Å²) in [5.41, 5.74) is 5.50. The van der Waals surface area contributed by atoms with Crippen LogP contribution in [0.15, 0.2) is 30.3 Å². The molecular formula is C13H14N2. The lowest BCUT2D eigenvalue weighted by molar-refractivity contribution is 0.973. The van der Waals surface area contributed by atoms with Gasteiger partial charge < -0.3 is 0 Å². The first-order chi connectivity index (χ1) is 7.16. The summed E-state index contributed by atoms with van der Waals surface area (Å²) in [5.74, 6) is 0. The van der Waals surface area contributed by atoms with Crippen LogP contribution in [-0.2, 0) is 0 Å². The number of benzene rings is 1. The van der Waals surface area contributed by atoms with E-state index in [4.69, 9.17) is 0 Å². The van der Waals surface area contributed by atoms with E-state index in [0.29, 0.717) is 0 Å². The van der Waals surface area contributed by atoms with Crippen LogP contribution in [0.2, 0.25) is 0 Å². The molecule has 0 radical (unpaired) electrons. The number of nitrogens with zero attached hydrogens (tertiary/aromatic N) is 2. The van der Waals surface area contributed by atoms with Gasteiger partial charge in [-0.05, 0) is 38.5 Å². The van der Waals surface area contributed by atoms with Gasteiger partial charge in [0, 0.05) is 5.56 Å². The van der Waals surface area contributed by atoms with Crippen molar-refractivity contribution in [2.75, 3.05) is 0 Å². The molecule has 0 fully saturated rings. The van der Waals surface area contributed by atoms with Gasteiger partial charge in [-0.2, -0.15) is 5.10 Å². The van der Waals surface area contributed by atoms with Gasteiger partial charge in [0.25, 0.3) is 0 Å². The molecule has 0 spiro atoms. The first-order valence-corrected chi connectivity index (χ1v) is 5.05. The summed E-state index contributed by atoms with van der Waals surface area (Å²) in [6, 6.07) is 10.4. The average Bonchev–Trinajstić information content (AvgIpc) is 2.17. The van der Waals surface area contributed by atoms with Gasteiger partial charge >= 0.3 is 0 Å². The molecule has 1 heterocycles. The van der Waals surface area contributed by atoms with Crippen LogP contribution in [0, 0.1) is 20.8 Å². The van der Waals surface area contributed by atoms with E-state index in [1.807, 2.05) is 13.0 Å². The van der Waals surface area contributed by atoms with Crippen molar-refractivity contribution >= 4 is 0 Å². The van der Waals surface area contributed by atoms with Crippen LogP contribution in [0.1, 0.15) is 16.8 Å². The minimum atomic E-state index is 0.962. The van der Waals surface area contributed by atoms with Crippen LogP contribution in [0.5, 0.6) is 0 Å². The number of hydrogen-bond donors (Lipinski definition) is 0. The lowest BCUT2D eigenvalue weighted by atomic mass is 10.1. The lowest BCUT2D eigenvalue weighted by Crippen LogP contribution is -1.94. The second-order valence-electron chi connectivity index (χ2n) is 3.89. The van der Waals surface area contributed by atoms with E-state index >= 15 is 0 Å². The molecule has 0 unspecified atom stereocenters. The fraction of sp³-hybridized carbons (Fsp3) is 0.231. The van der Waals surface area contributed by atoms with Crippen molar-refractivity contribution in [3.63, 3.8) is 0 Å². The fourth-order valence-corrected chi connectivity index (χ4v) is 1.70. The van der Waals surface area contributed by atoms with Crippen LogP contribution >= 0.6 is 0 Å². The van der Waals surface area contributed by atoms with E-state index in [-0.39, 0.29) is 0 Å². The van der Waals surface area contributed by atoms with Gasteiger partial charge in [-0.3, -0.25) is 0 Å². The Morgan fingerprint density at radius 3 is 2.40 bits per heavy atom. The zero-order valence-corrected chi connectivity index (χ0v) is 9.28. The Labute approximate surface area is 90.0 Å². The number of aromatic nitrogens is 2. The quantitative estimate of drug-likeness (QED) is 0.703. The molecule has 0 saturated carbocycles. The van der Waals surface area contributed by atoms with Crippen LogP contribution in [0.4, 0.5) is 0 Å². The molecule has 1 aromatic carbocycles. The third kappa shape index (κ3) is 2.04. The third-order valence-corrected chi connectivity index (χ3v) is 2.40. The first kappa shape index (κ1) is 9.84. The maximum atomic E-state index is 4.24. The molecule has 2 aromatic rings. The summed E-state index contributed by atoms with van der Waals surface area (Å²) in [6.07, 6.45) is 0. The Bertz CT molecular complexity index is 490. The lowest BCUT2D eigenvalue weighted by Gasteiger charge is -2.05. The van der Waals surface area contributed by atoms with Crippen LogP contribution in [-0.4, -0.2) is 10.2 Å². The van der Waals surface area contributed by atoms with Crippen LogP contribution < -0.4 is 0 Å². The topological polar surface area (TPSA) is 25.8 Å². The minimum absolute atomic E-state index is 0.962. The fourth-order valence-electron chi connectivity index (χ4n) is 1.70. The van der Waals surface area contributed by atoms with E-state index in [1.165, 1.54) is 11.1 Å². The van der Waals surface area contributed by atoms with E-state index in [1.54, 1.807) is 0 Å². The highest BCUT2D eigenvalue weighted by Gasteiger charge is 2.04. The zero-order valence-electron chi connectivity index (χ0n) is 9.28. The largest absolute Gasteiger partial charge is 0.155 e.